The molecule has 1 aliphatic heterocycles. The van der Waals surface area contributed by atoms with E-state index in [9.17, 15) is 0 Å². The lowest BCUT2D eigenvalue weighted by atomic mass is 10.2. The Hall–Kier alpha value is -0.570. The molecule has 1 saturated heterocycles. The van der Waals surface area contributed by atoms with Gasteiger partial charge in [0.2, 0.25) is 0 Å². The fraction of sp³-hybridized carbons (Fsp3) is 0.455. The van der Waals surface area contributed by atoms with Crippen molar-refractivity contribution in [3.8, 4) is 0 Å². The summed E-state index contributed by atoms with van der Waals surface area (Å²) in [6.45, 7) is 2.82. The van der Waals surface area contributed by atoms with Gasteiger partial charge in [0.1, 0.15) is 0 Å². The third-order valence-corrected chi connectivity index (χ3v) is 2.54. The van der Waals surface area contributed by atoms with Crippen LogP contribution in [0, 0.1) is 0 Å². The molecule has 0 bridgehead atoms. The molecule has 1 aromatic carbocycles. The SMILES string of the molecule is C[C@@H]1CCO[C@@H](c2ccc(Cl)cc2)O1. The van der Waals surface area contributed by atoms with Crippen molar-refractivity contribution in [1.29, 1.82) is 0 Å². The van der Waals surface area contributed by atoms with Crippen molar-refractivity contribution in [3.63, 3.8) is 0 Å². The lowest BCUT2D eigenvalue weighted by Crippen LogP contribution is -2.24. The minimum absolute atomic E-state index is 0.226. The first kappa shape index (κ1) is 9.97. The van der Waals surface area contributed by atoms with Crippen molar-refractivity contribution in [2.75, 3.05) is 6.61 Å². The molecule has 1 aliphatic rings. The number of benzene rings is 1. The van der Waals surface area contributed by atoms with Gasteiger partial charge in [-0.05, 0) is 25.5 Å². The first-order valence-corrected chi connectivity index (χ1v) is 5.16. The Bertz CT molecular complexity index is 297. The summed E-state index contributed by atoms with van der Waals surface area (Å²) >= 11 is 5.80. The van der Waals surface area contributed by atoms with Crippen LogP contribution in [0.5, 0.6) is 0 Å². The van der Waals surface area contributed by atoms with Crippen LogP contribution in [0.4, 0.5) is 0 Å². The van der Waals surface area contributed by atoms with E-state index in [1.54, 1.807) is 0 Å². The first-order chi connectivity index (χ1) is 6.75. The van der Waals surface area contributed by atoms with Crippen molar-refractivity contribution >= 4 is 11.6 Å². The highest BCUT2D eigenvalue weighted by molar-refractivity contribution is 6.30. The molecule has 0 saturated carbocycles. The molecule has 0 radical (unpaired) electrons. The molecule has 3 heteroatoms. The fourth-order valence-corrected chi connectivity index (χ4v) is 1.58. The van der Waals surface area contributed by atoms with Gasteiger partial charge in [-0.1, -0.05) is 23.7 Å². The van der Waals surface area contributed by atoms with Crippen molar-refractivity contribution in [2.45, 2.75) is 25.7 Å². The Labute approximate surface area is 88.8 Å². The number of hydrogen-bond donors (Lipinski definition) is 0. The first-order valence-electron chi connectivity index (χ1n) is 4.78. The number of ether oxygens (including phenoxy) is 2. The molecule has 0 N–H and O–H groups in total. The molecule has 1 heterocycles. The minimum Gasteiger partial charge on any atom is -0.348 e. The van der Waals surface area contributed by atoms with E-state index in [1.807, 2.05) is 24.3 Å². The van der Waals surface area contributed by atoms with Crippen LogP contribution >= 0.6 is 11.6 Å². The highest BCUT2D eigenvalue weighted by Gasteiger charge is 2.20. The summed E-state index contributed by atoms with van der Waals surface area (Å²) in [5.74, 6) is 0. The van der Waals surface area contributed by atoms with Crippen molar-refractivity contribution in [3.05, 3.63) is 34.9 Å². The molecule has 2 atom stereocenters. The summed E-state index contributed by atoms with van der Waals surface area (Å²) in [5.41, 5.74) is 1.03. The Morgan fingerprint density at radius 1 is 1.29 bits per heavy atom. The van der Waals surface area contributed by atoms with E-state index in [0.29, 0.717) is 0 Å². The zero-order valence-electron chi connectivity index (χ0n) is 8.07. The summed E-state index contributed by atoms with van der Waals surface area (Å²) in [4.78, 5) is 0. The van der Waals surface area contributed by atoms with Gasteiger partial charge >= 0.3 is 0 Å². The van der Waals surface area contributed by atoms with Gasteiger partial charge in [-0.15, -0.1) is 0 Å². The van der Waals surface area contributed by atoms with E-state index in [4.69, 9.17) is 21.1 Å². The van der Waals surface area contributed by atoms with Crippen LogP contribution in [0.2, 0.25) is 5.02 Å². The quantitative estimate of drug-likeness (QED) is 0.712. The summed E-state index contributed by atoms with van der Waals surface area (Å²) in [5, 5.41) is 0.734. The van der Waals surface area contributed by atoms with Gasteiger partial charge in [0.15, 0.2) is 6.29 Å². The van der Waals surface area contributed by atoms with Crippen molar-refractivity contribution < 1.29 is 9.47 Å². The maximum Gasteiger partial charge on any atom is 0.184 e. The topological polar surface area (TPSA) is 18.5 Å². The molecule has 2 nitrogen and oxygen atoms in total. The van der Waals surface area contributed by atoms with E-state index in [1.165, 1.54) is 0 Å². The summed E-state index contributed by atoms with van der Waals surface area (Å²) in [6, 6.07) is 7.57. The largest absolute Gasteiger partial charge is 0.348 e. The van der Waals surface area contributed by atoms with Crippen LogP contribution in [0.15, 0.2) is 24.3 Å². The van der Waals surface area contributed by atoms with Gasteiger partial charge in [0, 0.05) is 10.6 Å². The van der Waals surface area contributed by atoms with Crippen LogP contribution in [-0.2, 0) is 9.47 Å². The fourth-order valence-electron chi connectivity index (χ4n) is 1.45. The molecule has 0 aromatic heterocycles. The molecule has 0 unspecified atom stereocenters. The van der Waals surface area contributed by atoms with E-state index < -0.39 is 0 Å². The molecular weight excluding hydrogens is 200 g/mol. The molecule has 76 valence electrons. The lowest BCUT2D eigenvalue weighted by Gasteiger charge is -2.28. The average Bonchev–Trinajstić information content (AvgIpc) is 2.19. The Morgan fingerprint density at radius 3 is 2.64 bits per heavy atom. The monoisotopic (exact) mass is 212 g/mol. The average molecular weight is 213 g/mol. The zero-order valence-corrected chi connectivity index (χ0v) is 8.83. The molecule has 0 amide bonds. The Morgan fingerprint density at radius 2 is 2.00 bits per heavy atom. The molecule has 2 rings (SSSR count). The van der Waals surface area contributed by atoms with Crippen LogP contribution in [0.3, 0.4) is 0 Å². The van der Waals surface area contributed by atoms with E-state index in [2.05, 4.69) is 6.92 Å². The number of rotatable bonds is 1. The van der Waals surface area contributed by atoms with Crippen LogP contribution in [-0.4, -0.2) is 12.7 Å². The van der Waals surface area contributed by atoms with Gasteiger partial charge < -0.3 is 9.47 Å². The standard InChI is InChI=1S/C11H13ClO2/c1-8-6-7-13-11(14-8)9-2-4-10(12)5-3-9/h2-5,8,11H,6-7H2,1H3/t8-,11-/m1/s1. The molecule has 14 heavy (non-hydrogen) atoms. The summed E-state index contributed by atoms with van der Waals surface area (Å²) in [7, 11) is 0. The highest BCUT2D eigenvalue weighted by atomic mass is 35.5. The second-order valence-corrected chi connectivity index (χ2v) is 3.93. The normalized spacial score (nSPS) is 27.6. The maximum atomic E-state index is 5.80. The molecular formula is C11H13ClO2. The second kappa shape index (κ2) is 4.30. The summed E-state index contributed by atoms with van der Waals surface area (Å²) in [6.07, 6.45) is 1.00. The zero-order chi connectivity index (χ0) is 9.97. The third kappa shape index (κ3) is 2.27. The molecule has 1 aromatic rings. The van der Waals surface area contributed by atoms with Crippen LogP contribution in [0.1, 0.15) is 25.2 Å². The lowest BCUT2D eigenvalue weighted by molar-refractivity contribution is -0.212. The molecule has 0 spiro atoms. The second-order valence-electron chi connectivity index (χ2n) is 3.49. The molecule has 0 aliphatic carbocycles. The smallest absolute Gasteiger partial charge is 0.184 e. The number of halogens is 1. The number of hydrogen-bond acceptors (Lipinski definition) is 2. The predicted molar refractivity (Wildman–Crippen MR) is 55.3 cm³/mol. The van der Waals surface area contributed by atoms with E-state index in [0.717, 1.165) is 23.6 Å². The predicted octanol–water partition coefficient (Wildman–Crippen LogP) is 3.16. The third-order valence-electron chi connectivity index (χ3n) is 2.29. The van der Waals surface area contributed by atoms with E-state index >= 15 is 0 Å². The van der Waals surface area contributed by atoms with Gasteiger partial charge in [-0.2, -0.15) is 0 Å². The summed E-state index contributed by atoms with van der Waals surface area (Å²) < 4.78 is 11.2. The van der Waals surface area contributed by atoms with Crippen LogP contribution in [0.25, 0.3) is 0 Å². The van der Waals surface area contributed by atoms with Gasteiger partial charge in [-0.25, -0.2) is 0 Å². The van der Waals surface area contributed by atoms with Gasteiger partial charge in [-0.3, -0.25) is 0 Å². The Kier molecular flexibility index (Phi) is 3.06. The maximum absolute atomic E-state index is 5.80. The van der Waals surface area contributed by atoms with Crippen LogP contribution < -0.4 is 0 Å². The van der Waals surface area contributed by atoms with Gasteiger partial charge in [0.05, 0.1) is 12.7 Å². The van der Waals surface area contributed by atoms with Crippen molar-refractivity contribution in [1.82, 2.24) is 0 Å². The molecule has 1 fully saturated rings. The van der Waals surface area contributed by atoms with Crippen molar-refractivity contribution in [2.24, 2.45) is 0 Å². The van der Waals surface area contributed by atoms with E-state index in [-0.39, 0.29) is 12.4 Å². The minimum atomic E-state index is -0.226. The Balaban J connectivity index is 2.10. The van der Waals surface area contributed by atoms with Gasteiger partial charge in [0.25, 0.3) is 0 Å². The highest BCUT2D eigenvalue weighted by Crippen LogP contribution is 2.26.